The lowest BCUT2D eigenvalue weighted by atomic mass is 10.4. The van der Waals surface area contributed by atoms with Crippen molar-refractivity contribution in [2.45, 2.75) is 19.0 Å². The Labute approximate surface area is 95.5 Å². The van der Waals surface area contributed by atoms with Crippen LogP contribution in [0.25, 0.3) is 0 Å². The maximum Gasteiger partial charge on any atom is 0.191 e. The van der Waals surface area contributed by atoms with E-state index >= 15 is 0 Å². The molecule has 0 bridgehead atoms. The third-order valence-electron chi connectivity index (χ3n) is 2.22. The van der Waals surface area contributed by atoms with Gasteiger partial charge in [-0.15, -0.1) is 0 Å². The van der Waals surface area contributed by atoms with E-state index in [0.29, 0.717) is 0 Å². The maximum atomic E-state index is 4.48. The van der Waals surface area contributed by atoms with E-state index in [4.69, 9.17) is 0 Å². The smallest absolute Gasteiger partial charge is 0.191 e. The SMILES string of the molecule is CCN(CC)c1cc(NC)nc(SC)n1. The molecule has 1 aromatic rings. The first-order chi connectivity index (χ1) is 7.24. The van der Waals surface area contributed by atoms with Gasteiger partial charge in [0.25, 0.3) is 0 Å². The van der Waals surface area contributed by atoms with Crippen LogP contribution in [0.4, 0.5) is 11.6 Å². The molecule has 0 unspecified atom stereocenters. The first-order valence-corrected chi connectivity index (χ1v) is 6.33. The fraction of sp³-hybridized carbons (Fsp3) is 0.600. The van der Waals surface area contributed by atoms with Crippen molar-refractivity contribution in [3.05, 3.63) is 6.07 Å². The van der Waals surface area contributed by atoms with Crippen molar-refractivity contribution in [1.29, 1.82) is 0 Å². The summed E-state index contributed by atoms with van der Waals surface area (Å²) in [4.78, 5) is 11.0. The van der Waals surface area contributed by atoms with Crippen molar-refractivity contribution in [2.24, 2.45) is 0 Å². The molecule has 0 saturated heterocycles. The van der Waals surface area contributed by atoms with Crippen LogP contribution >= 0.6 is 11.8 Å². The van der Waals surface area contributed by atoms with E-state index in [0.717, 1.165) is 29.9 Å². The zero-order chi connectivity index (χ0) is 11.3. The summed E-state index contributed by atoms with van der Waals surface area (Å²) < 4.78 is 0. The highest BCUT2D eigenvalue weighted by Gasteiger charge is 2.07. The van der Waals surface area contributed by atoms with Crippen molar-refractivity contribution < 1.29 is 0 Å². The molecule has 1 rings (SSSR count). The van der Waals surface area contributed by atoms with Crippen LogP contribution in [0.15, 0.2) is 11.2 Å². The van der Waals surface area contributed by atoms with Crippen molar-refractivity contribution in [2.75, 3.05) is 36.6 Å². The standard InChI is InChI=1S/C10H18N4S/c1-5-14(6-2)9-7-8(11-3)12-10(13-9)15-4/h7H,5-6H2,1-4H3,(H,11,12,13). The third-order valence-corrected chi connectivity index (χ3v) is 2.77. The first kappa shape index (κ1) is 12.1. The van der Waals surface area contributed by atoms with E-state index in [1.54, 1.807) is 11.8 Å². The molecule has 0 amide bonds. The highest BCUT2D eigenvalue weighted by Crippen LogP contribution is 2.19. The van der Waals surface area contributed by atoms with Gasteiger partial charge in [0.15, 0.2) is 5.16 Å². The normalized spacial score (nSPS) is 10.1. The summed E-state index contributed by atoms with van der Waals surface area (Å²) in [5, 5.41) is 3.86. The molecule has 0 atom stereocenters. The molecular formula is C10H18N4S. The predicted molar refractivity (Wildman–Crippen MR) is 66.9 cm³/mol. The second kappa shape index (κ2) is 5.80. The van der Waals surface area contributed by atoms with Crippen molar-refractivity contribution in [3.63, 3.8) is 0 Å². The van der Waals surface area contributed by atoms with Crippen LogP contribution in [0.2, 0.25) is 0 Å². The molecule has 4 nitrogen and oxygen atoms in total. The summed E-state index contributed by atoms with van der Waals surface area (Å²) >= 11 is 1.56. The Hall–Kier alpha value is -0.970. The number of nitrogens with zero attached hydrogens (tertiary/aromatic N) is 3. The molecule has 0 spiro atoms. The molecule has 0 aliphatic rings. The van der Waals surface area contributed by atoms with Crippen LogP contribution in [-0.4, -0.2) is 36.4 Å². The number of nitrogens with one attached hydrogen (secondary N) is 1. The number of rotatable bonds is 5. The molecule has 1 heterocycles. The Morgan fingerprint density at radius 1 is 1.33 bits per heavy atom. The van der Waals surface area contributed by atoms with Gasteiger partial charge in [-0.3, -0.25) is 0 Å². The summed E-state index contributed by atoms with van der Waals surface area (Å²) in [6, 6.07) is 1.98. The number of hydrogen-bond donors (Lipinski definition) is 1. The van der Waals surface area contributed by atoms with E-state index in [-0.39, 0.29) is 0 Å². The van der Waals surface area contributed by atoms with Gasteiger partial charge in [-0.2, -0.15) is 0 Å². The molecule has 15 heavy (non-hydrogen) atoms. The molecule has 0 aliphatic carbocycles. The lowest BCUT2D eigenvalue weighted by Crippen LogP contribution is -2.23. The number of aromatic nitrogens is 2. The van der Waals surface area contributed by atoms with Gasteiger partial charge < -0.3 is 10.2 Å². The van der Waals surface area contributed by atoms with Gasteiger partial charge in [0, 0.05) is 26.2 Å². The molecule has 5 heteroatoms. The summed E-state index contributed by atoms with van der Waals surface area (Å²) in [6.07, 6.45) is 1.99. The zero-order valence-electron chi connectivity index (χ0n) is 9.74. The molecule has 0 radical (unpaired) electrons. The molecule has 84 valence electrons. The Balaban J connectivity index is 3.05. The second-order valence-corrected chi connectivity index (χ2v) is 3.79. The van der Waals surface area contributed by atoms with Crippen LogP contribution in [0.5, 0.6) is 0 Å². The van der Waals surface area contributed by atoms with Crippen molar-refractivity contribution in [1.82, 2.24) is 9.97 Å². The topological polar surface area (TPSA) is 41.0 Å². The number of thioether (sulfide) groups is 1. The van der Waals surface area contributed by atoms with Gasteiger partial charge in [-0.1, -0.05) is 11.8 Å². The highest BCUT2D eigenvalue weighted by molar-refractivity contribution is 7.98. The lowest BCUT2D eigenvalue weighted by Gasteiger charge is -2.20. The quantitative estimate of drug-likeness (QED) is 0.615. The van der Waals surface area contributed by atoms with Crippen molar-refractivity contribution in [3.8, 4) is 0 Å². The first-order valence-electron chi connectivity index (χ1n) is 5.10. The van der Waals surface area contributed by atoms with Gasteiger partial charge in [0.1, 0.15) is 11.6 Å². The Kier molecular flexibility index (Phi) is 4.68. The van der Waals surface area contributed by atoms with Crippen LogP contribution in [0.3, 0.4) is 0 Å². The fourth-order valence-electron chi connectivity index (χ4n) is 1.34. The highest BCUT2D eigenvalue weighted by atomic mass is 32.2. The second-order valence-electron chi connectivity index (χ2n) is 3.02. The predicted octanol–water partition coefficient (Wildman–Crippen LogP) is 2.09. The van der Waals surface area contributed by atoms with Crippen LogP contribution in [0.1, 0.15) is 13.8 Å². The van der Waals surface area contributed by atoms with Gasteiger partial charge in [-0.25, -0.2) is 9.97 Å². The monoisotopic (exact) mass is 226 g/mol. The maximum absolute atomic E-state index is 4.48. The van der Waals surface area contributed by atoms with Gasteiger partial charge >= 0.3 is 0 Å². The van der Waals surface area contributed by atoms with E-state index < -0.39 is 0 Å². The zero-order valence-corrected chi connectivity index (χ0v) is 10.6. The largest absolute Gasteiger partial charge is 0.373 e. The average Bonchev–Trinajstić information content (AvgIpc) is 2.30. The molecule has 0 saturated carbocycles. The number of anilines is 2. The summed E-state index contributed by atoms with van der Waals surface area (Å²) in [7, 11) is 1.87. The van der Waals surface area contributed by atoms with Gasteiger partial charge in [0.2, 0.25) is 0 Å². The molecular weight excluding hydrogens is 208 g/mol. The minimum atomic E-state index is 0.809. The molecule has 1 N–H and O–H groups in total. The summed E-state index contributed by atoms with van der Waals surface area (Å²) in [6.45, 7) is 6.18. The van der Waals surface area contributed by atoms with E-state index in [1.807, 2.05) is 19.4 Å². The van der Waals surface area contributed by atoms with Crippen LogP contribution in [-0.2, 0) is 0 Å². The van der Waals surface area contributed by atoms with E-state index in [9.17, 15) is 0 Å². The molecule has 0 aliphatic heterocycles. The Bertz CT molecular complexity index is 290. The van der Waals surface area contributed by atoms with E-state index in [2.05, 4.69) is 34.0 Å². The Morgan fingerprint density at radius 2 is 2.00 bits per heavy atom. The average molecular weight is 226 g/mol. The van der Waals surface area contributed by atoms with Crippen molar-refractivity contribution >= 4 is 23.4 Å². The van der Waals surface area contributed by atoms with Crippen LogP contribution < -0.4 is 10.2 Å². The van der Waals surface area contributed by atoms with E-state index in [1.165, 1.54) is 0 Å². The summed E-state index contributed by atoms with van der Waals surface area (Å²) in [5.41, 5.74) is 0. The molecule has 1 aromatic heterocycles. The number of hydrogen-bond acceptors (Lipinski definition) is 5. The Morgan fingerprint density at radius 3 is 2.47 bits per heavy atom. The molecule has 0 aromatic carbocycles. The lowest BCUT2D eigenvalue weighted by molar-refractivity contribution is 0.820. The van der Waals surface area contributed by atoms with Crippen LogP contribution in [0, 0.1) is 0 Å². The van der Waals surface area contributed by atoms with Gasteiger partial charge in [-0.05, 0) is 20.1 Å². The minimum Gasteiger partial charge on any atom is -0.373 e. The summed E-state index contributed by atoms with van der Waals surface area (Å²) in [5.74, 6) is 1.86. The third kappa shape index (κ3) is 2.99. The molecule has 0 fully saturated rings. The van der Waals surface area contributed by atoms with Gasteiger partial charge in [0.05, 0.1) is 0 Å². The fourth-order valence-corrected chi connectivity index (χ4v) is 1.72. The minimum absolute atomic E-state index is 0.809.